The lowest BCUT2D eigenvalue weighted by Crippen LogP contribution is -2.08. The molecule has 0 atom stereocenters. The molecule has 2 aromatic carbocycles. The Bertz CT molecular complexity index is 1040. The number of unbranched alkanes of at least 4 members (excludes halogenated alkanes) is 2. The summed E-state index contributed by atoms with van der Waals surface area (Å²) in [6.45, 7) is 2.08. The Balaban J connectivity index is 2.11. The van der Waals surface area contributed by atoms with Crippen molar-refractivity contribution in [2.75, 3.05) is 7.11 Å². The van der Waals surface area contributed by atoms with Gasteiger partial charge in [-0.15, -0.1) is 11.3 Å². The van der Waals surface area contributed by atoms with Crippen LogP contribution in [0.25, 0.3) is 21.2 Å². The maximum Gasteiger partial charge on any atom is 0.417 e. The zero-order valence-corrected chi connectivity index (χ0v) is 17.4. The second kappa shape index (κ2) is 8.62. The molecular formula is C22H21F3OS2. The maximum absolute atomic E-state index is 13.8. The van der Waals surface area contributed by atoms with E-state index in [4.69, 9.17) is 17.0 Å². The first-order valence-electron chi connectivity index (χ1n) is 9.16. The minimum atomic E-state index is -4.43. The third kappa shape index (κ3) is 4.55. The molecule has 0 radical (unpaired) electrons. The van der Waals surface area contributed by atoms with Gasteiger partial charge in [-0.05, 0) is 59.7 Å². The topological polar surface area (TPSA) is 9.23 Å². The molecule has 1 nitrogen and oxygen atoms in total. The smallest absolute Gasteiger partial charge is 0.417 e. The number of hydrogen-bond donors (Lipinski definition) is 0. The Morgan fingerprint density at radius 2 is 1.79 bits per heavy atom. The summed E-state index contributed by atoms with van der Waals surface area (Å²) >= 11 is 6.75. The second-order valence-electron chi connectivity index (χ2n) is 6.69. The van der Waals surface area contributed by atoms with E-state index in [2.05, 4.69) is 6.92 Å². The van der Waals surface area contributed by atoms with Gasteiger partial charge in [0.25, 0.3) is 0 Å². The fourth-order valence-electron chi connectivity index (χ4n) is 3.20. The molecule has 3 aromatic rings. The normalized spacial score (nSPS) is 11.8. The van der Waals surface area contributed by atoms with Gasteiger partial charge in [-0.3, -0.25) is 0 Å². The SMILES string of the molecule is CCCCCc1ccc(-c2cc3ccc(OC)cc3sc2=S)c(C(F)(F)F)c1. The van der Waals surface area contributed by atoms with Gasteiger partial charge in [-0.2, -0.15) is 13.2 Å². The van der Waals surface area contributed by atoms with Gasteiger partial charge in [0, 0.05) is 10.3 Å². The molecule has 0 aliphatic rings. The Labute approximate surface area is 171 Å². The fourth-order valence-corrected chi connectivity index (χ4v) is 4.54. The first-order chi connectivity index (χ1) is 13.3. The summed E-state index contributed by atoms with van der Waals surface area (Å²) in [5.74, 6) is 0.693. The van der Waals surface area contributed by atoms with E-state index >= 15 is 0 Å². The molecule has 148 valence electrons. The first kappa shape index (κ1) is 20.8. The zero-order valence-electron chi connectivity index (χ0n) is 15.7. The summed E-state index contributed by atoms with van der Waals surface area (Å²) in [5, 5.41) is 0.842. The number of rotatable bonds is 6. The van der Waals surface area contributed by atoms with Crippen LogP contribution in [0.5, 0.6) is 5.75 Å². The molecule has 0 fully saturated rings. The molecular weight excluding hydrogens is 401 g/mol. The lowest BCUT2D eigenvalue weighted by atomic mass is 9.96. The van der Waals surface area contributed by atoms with Crippen LogP contribution in [0.1, 0.15) is 37.3 Å². The van der Waals surface area contributed by atoms with Crippen LogP contribution in [0.2, 0.25) is 0 Å². The number of alkyl halides is 3. The highest BCUT2D eigenvalue weighted by Crippen LogP contribution is 2.40. The van der Waals surface area contributed by atoms with Crippen molar-refractivity contribution in [2.24, 2.45) is 0 Å². The van der Waals surface area contributed by atoms with Gasteiger partial charge in [-0.1, -0.05) is 44.1 Å². The van der Waals surface area contributed by atoms with E-state index in [9.17, 15) is 13.2 Å². The van der Waals surface area contributed by atoms with Gasteiger partial charge in [0.1, 0.15) is 5.75 Å². The minimum absolute atomic E-state index is 0.144. The van der Waals surface area contributed by atoms with Crippen molar-refractivity contribution in [1.82, 2.24) is 0 Å². The van der Waals surface area contributed by atoms with E-state index in [1.54, 1.807) is 31.4 Å². The second-order valence-corrected chi connectivity index (χ2v) is 8.40. The van der Waals surface area contributed by atoms with E-state index < -0.39 is 11.7 Å². The largest absolute Gasteiger partial charge is 0.497 e. The predicted octanol–water partition coefficient (Wildman–Crippen LogP) is 8.06. The molecule has 0 unspecified atom stereocenters. The monoisotopic (exact) mass is 422 g/mol. The number of aryl methyl sites for hydroxylation is 1. The number of hydrogen-bond acceptors (Lipinski definition) is 3. The molecule has 0 aliphatic heterocycles. The number of methoxy groups -OCH3 is 1. The van der Waals surface area contributed by atoms with Crippen molar-refractivity contribution in [3.8, 4) is 16.9 Å². The van der Waals surface area contributed by atoms with Crippen LogP contribution in [0.15, 0.2) is 42.5 Å². The quantitative estimate of drug-likeness (QED) is 0.293. The van der Waals surface area contributed by atoms with Crippen LogP contribution in [0, 0.1) is 3.82 Å². The molecule has 28 heavy (non-hydrogen) atoms. The first-order valence-corrected chi connectivity index (χ1v) is 10.4. The minimum Gasteiger partial charge on any atom is -0.497 e. The van der Waals surface area contributed by atoms with Gasteiger partial charge < -0.3 is 4.74 Å². The van der Waals surface area contributed by atoms with Crippen molar-refractivity contribution in [3.63, 3.8) is 0 Å². The van der Waals surface area contributed by atoms with Crippen LogP contribution in [-0.2, 0) is 12.6 Å². The average molecular weight is 423 g/mol. The Morgan fingerprint density at radius 3 is 2.46 bits per heavy atom. The molecule has 0 N–H and O–H groups in total. The number of halogens is 3. The van der Waals surface area contributed by atoms with Crippen LogP contribution >= 0.6 is 23.6 Å². The van der Waals surface area contributed by atoms with E-state index in [-0.39, 0.29) is 5.56 Å². The Morgan fingerprint density at radius 1 is 1.00 bits per heavy atom. The molecule has 0 saturated heterocycles. The molecule has 0 bridgehead atoms. The van der Waals surface area contributed by atoms with E-state index in [0.717, 1.165) is 29.3 Å². The van der Waals surface area contributed by atoms with Crippen molar-refractivity contribution >= 4 is 33.6 Å². The highest BCUT2D eigenvalue weighted by atomic mass is 32.1. The predicted molar refractivity (Wildman–Crippen MR) is 113 cm³/mol. The van der Waals surface area contributed by atoms with Crippen LogP contribution in [-0.4, -0.2) is 7.11 Å². The zero-order chi connectivity index (χ0) is 20.3. The molecule has 1 heterocycles. The van der Waals surface area contributed by atoms with Crippen molar-refractivity contribution in [1.29, 1.82) is 0 Å². The molecule has 0 spiro atoms. The van der Waals surface area contributed by atoms with Crippen LogP contribution in [0.3, 0.4) is 0 Å². The number of benzene rings is 2. The summed E-state index contributed by atoms with van der Waals surface area (Å²) in [4.78, 5) is 0. The average Bonchev–Trinajstić information content (AvgIpc) is 2.66. The standard InChI is InChI=1S/C22H21F3OS2/c1-3-4-5-6-14-7-10-17(19(11-14)22(23,24)25)18-12-15-8-9-16(26-2)13-20(15)28-21(18)27/h7-13H,3-6H2,1-2H3. The van der Waals surface area contributed by atoms with Crippen LogP contribution < -0.4 is 4.74 Å². The molecule has 0 amide bonds. The molecule has 3 rings (SSSR count). The Hall–Kier alpha value is -1.92. The van der Waals surface area contributed by atoms with Crippen molar-refractivity contribution < 1.29 is 17.9 Å². The lowest BCUT2D eigenvalue weighted by Gasteiger charge is -2.15. The summed E-state index contributed by atoms with van der Waals surface area (Å²) in [5.41, 5.74) is 0.688. The molecule has 0 saturated carbocycles. The van der Waals surface area contributed by atoms with Gasteiger partial charge >= 0.3 is 6.18 Å². The number of ether oxygens (including phenoxy) is 1. The fraction of sp³-hybridized carbons (Fsp3) is 0.318. The van der Waals surface area contributed by atoms with Gasteiger partial charge in [0.15, 0.2) is 0 Å². The van der Waals surface area contributed by atoms with Crippen LogP contribution in [0.4, 0.5) is 13.2 Å². The maximum atomic E-state index is 13.8. The summed E-state index contributed by atoms with van der Waals surface area (Å²) in [7, 11) is 1.58. The van der Waals surface area contributed by atoms with Gasteiger partial charge in [0.2, 0.25) is 0 Å². The Kier molecular flexibility index (Phi) is 6.40. The van der Waals surface area contributed by atoms with E-state index in [1.165, 1.54) is 17.4 Å². The molecule has 0 aliphatic carbocycles. The molecule has 6 heteroatoms. The molecule has 1 aromatic heterocycles. The van der Waals surface area contributed by atoms with Crippen molar-refractivity contribution in [2.45, 2.75) is 38.8 Å². The van der Waals surface area contributed by atoms with Gasteiger partial charge in [-0.25, -0.2) is 0 Å². The highest BCUT2D eigenvalue weighted by Gasteiger charge is 2.34. The van der Waals surface area contributed by atoms with Gasteiger partial charge in [0.05, 0.1) is 16.5 Å². The summed E-state index contributed by atoms with van der Waals surface area (Å²) in [6, 6.07) is 11.9. The lowest BCUT2D eigenvalue weighted by molar-refractivity contribution is -0.137. The number of fused-ring (bicyclic) bond motifs is 1. The highest BCUT2D eigenvalue weighted by molar-refractivity contribution is 7.74. The van der Waals surface area contributed by atoms with E-state index in [1.807, 2.05) is 12.1 Å². The van der Waals surface area contributed by atoms with Crippen molar-refractivity contribution in [3.05, 3.63) is 57.4 Å². The summed E-state index contributed by atoms with van der Waals surface area (Å²) in [6.07, 6.45) is -0.850. The summed E-state index contributed by atoms with van der Waals surface area (Å²) < 4.78 is 47.9. The van der Waals surface area contributed by atoms with E-state index in [0.29, 0.717) is 27.1 Å². The third-order valence-electron chi connectivity index (χ3n) is 4.69. The third-order valence-corrected chi connectivity index (χ3v) is 6.14.